The Balaban J connectivity index is 0.00000225. The molecule has 1 fully saturated rings. The van der Waals surface area contributed by atoms with Crippen LogP contribution in [-0.2, 0) is 17.8 Å². The molecule has 0 bridgehead atoms. The molecule has 1 unspecified atom stereocenters. The first kappa shape index (κ1) is 26.1. The average Bonchev–Trinajstić information content (AvgIpc) is 3.00. The molecule has 9 heteroatoms. The molecule has 2 aromatic rings. The lowest BCUT2D eigenvalue weighted by Crippen LogP contribution is -2.53. The number of rotatable bonds is 5. The van der Waals surface area contributed by atoms with Crippen LogP contribution in [0.2, 0.25) is 0 Å². The summed E-state index contributed by atoms with van der Waals surface area (Å²) < 4.78 is 0. The molecule has 2 heterocycles. The molecular formula is C18H27Cl3N4OS. The Kier molecular flexibility index (Phi) is 12.1. The first-order valence-corrected chi connectivity index (χ1v) is 9.21. The number of benzene rings is 1. The quantitative estimate of drug-likeness (QED) is 0.756. The highest BCUT2D eigenvalue weighted by Crippen LogP contribution is 2.13. The molecule has 1 aromatic carbocycles. The van der Waals surface area contributed by atoms with Gasteiger partial charge in [0.15, 0.2) is 0 Å². The summed E-state index contributed by atoms with van der Waals surface area (Å²) in [6.07, 6.45) is 0.595. The van der Waals surface area contributed by atoms with Crippen molar-refractivity contribution in [3.8, 4) is 0 Å². The SMILES string of the molecule is Cc1nc(CN2CCN(C(=O)C(N)Cc3ccccc3)CC2)cs1.Cl.Cl.Cl. The van der Waals surface area contributed by atoms with Crippen molar-refractivity contribution in [1.29, 1.82) is 0 Å². The zero-order valence-corrected chi connectivity index (χ0v) is 18.5. The lowest BCUT2D eigenvalue weighted by molar-refractivity contribution is -0.134. The Morgan fingerprint density at radius 2 is 1.78 bits per heavy atom. The van der Waals surface area contributed by atoms with Crippen molar-refractivity contribution in [2.45, 2.75) is 25.9 Å². The number of piperazine rings is 1. The second kappa shape index (κ2) is 12.5. The van der Waals surface area contributed by atoms with Gasteiger partial charge in [0.05, 0.1) is 16.7 Å². The Morgan fingerprint density at radius 3 is 2.33 bits per heavy atom. The first-order chi connectivity index (χ1) is 11.6. The summed E-state index contributed by atoms with van der Waals surface area (Å²) in [6.45, 7) is 6.12. The van der Waals surface area contributed by atoms with Gasteiger partial charge in [0, 0.05) is 38.1 Å². The molecule has 0 radical (unpaired) electrons. The molecule has 0 aliphatic carbocycles. The number of carbonyl (C=O) groups excluding carboxylic acids is 1. The smallest absolute Gasteiger partial charge is 0.239 e. The topological polar surface area (TPSA) is 62.5 Å². The second-order valence-electron chi connectivity index (χ2n) is 6.26. The fraction of sp³-hybridized carbons (Fsp3) is 0.444. The van der Waals surface area contributed by atoms with E-state index in [0.717, 1.165) is 49.0 Å². The standard InChI is InChI=1S/C18H24N4OS.3ClH/c1-14-20-16(13-24-14)12-21-7-9-22(10-8-21)18(23)17(19)11-15-5-3-2-4-6-15;;;/h2-6,13,17H,7-12,19H2,1H3;3*1H. The van der Waals surface area contributed by atoms with Gasteiger partial charge in [-0.1, -0.05) is 30.3 Å². The molecule has 0 spiro atoms. The number of halogens is 3. The van der Waals surface area contributed by atoms with E-state index in [2.05, 4.69) is 15.3 Å². The molecule has 27 heavy (non-hydrogen) atoms. The van der Waals surface area contributed by atoms with Gasteiger partial charge in [-0.2, -0.15) is 0 Å². The lowest BCUT2D eigenvalue weighted by Gasteiger charge is -2.35. The minimum absolute atomic E-state index is 0. The van der Waals surface area contributed by atoms with Gasteiger partial charge in [0.2, 0.25) is 5.91 Å². The van der Waals surface area contributed by atoms with E-state index in [1.807, 2.05) is 42.2 Å². The summed E-state index contributed by atoms with van der Waals surface area (Å²) in [5.74, 6) is 0.0583. The van der Waals surface area contributed by atoms with Crippen molar-refractivity contribution < 1.29 is 4.79 Å². The molecule has 3 rings (SSSR count). The van der Waals surface area contributed by atoms with Crippen LogP contribution in [0.3, 0.4) is 0 Å². The summed E-state index contributed by atoms with van der Waals surface area (Å²) in [5.41, 5.74) is 8.36. The number of nitrogens with zero attached hydrogens (tertiary/aromatic N) is 3. The molecule has 1 amide bonds. The van der Waals surface area contributed by atoms with E-state index in [4.69, 9.17) is 5.73 Å². The van der Waals surface area contributed by atoms with Crippen molar-refractivity contribution in [2.24, 2.45) is 5.73 Å². The molecule has 1 aliphatic heterocycles. The van der Waals surface area contributed by atoms with E-state index < -0.39 is 6.04 Å². The number of hydrogen-bond acceptors (Lipinski definition) is 5. The van der Waals surface area contributed by atoms with Crippen LogP contribution < -0.4 is 5.73 Å². The zero-order chi connectivity index (χ0) is 16.9. The maximum absolute atomic E-state index is 12.5. The van der Waals surface area contributed by atoms with Gasteiger partial charge in [-0.15, -0.1) is 48.6 Å². The molecule has 1 aliphatic rings. The average molecular weight is 454 g/mol. The van der Waals surface area contributed by atoms with Crippen LogP contribution in [0.25, 0.3) is 0 Å². The predicted octanol–water partition coefficient (Wildman–Crippen LogP) is 2.93. The van der Waals surface area contributed by atoms with Gasteiger partial charge < -0.3 is 10.6 Å². The van der Waals surface area contributed by atoms with Crippen LogP contribution in [-0.4, -0.2) is 52.9 Å². The summed E-state index contributed by atoms with van der Waals surface area (Å²) in [6, 6.07) is 9.50. The van der Waals surface area contributed by atoms with Gasteiger partial charge in [-0.05, 0) is 18.9 Å². The van der Waals surface area contributed by atoms with Crippen LogP contribution in [0.4, 0.5) is 0 Å². The summed E-state index contributed by atoms with van der Waals surface area (Å²) >= 11 is 1.68. The van der Waals surface area contributed by atoms with E-state index in [0.29, 0.717) is 6.42 Å². The van der Waals surface area contributed by atoms with Gasteiger partial charge in [-0.3, -0.25) is 9.69 Å². The maximum Gasteiger partial charge on any atom is 0.239 e. The molecule has 2 N–H and O–H groups in total. The third-order valence-corrected chi connectivity index (χ3v) is 5.17. The number of hydrogen-bond donors (Lipinski definition) is 1. The third-order valence-electron chi connectivity index (χ3n) is 4.35. The number of aromatic nitrogens is 1. The highest BCUT2D eigenvalue weighted by molar-refractivity contribution is 7.09. The van der Waals surface area contributed by atoms with Crippen molar-refractivity contribution in [3.05, 3.63) is 52.0 Å². The summed E-state index contributed by atoms with van der Waals surface area (Å²) in [7, 11) is 0. The Hall–Kier alpha value is -0.890. The van der Waals surface area contributed by atoms with E-state index in [1.54, 1.807) is 11.3 Å². The molecule has 1 atom stereocenters. The number of amides is 1. The Labute approximate surface area is 183 Å². The van der Waals surface area contributed by atoms with Crippen LogP contribution in [0.15, 0.2) is 35.7 Å². The minimum Gasteiger partial charge on any atom is -0.339 e. The van der Waals surface area contributed by atoms with Crippen LogP contribution >= 0.6 is 48.6 Å². The second-order valence-corrected chi connectivity index (χ2v) is 7.32. The molecule has 1 aromatic heterocycles. The van der Waals surface area contributed by atoms with Crippen LogP contribution in [0.1, 0.15) is 16.3 Å². The predicted molar refractivity (Wildman–Crippen MR) is 119 cm³/mol. The largest absolute Gasteiger partial charge is 0.339 e. The number of nitrogens with two attached hydrogens (primary N) is 1. The molecule has 152 valence electrons. The van der Waals surface area contributed by atoms with Gasteiger partial charge in [-0.25, -0.2) is 4.98 Å². The molecular weight excluding hydrogens is 427 g/mol. The van der Waals surface area contributed by atoms with Gasteiger partial charge in [0.25, 0.3) is 0 Å². The van der Waals surface area contributed by atoms with Gasteiger partial charge >= 0.3 is 0 Å². The normalized spacial score (nSPS) is 15.1. The van der Waals surface area contributed by atoms with Crippen molar-refractivity contribution >= 4 is 54.5 Å². The fourth-order valence-corrected chi connectivity index (χ4v) is 3.63. The van der Waals surface area contributed by atoms with E-state index in [-0.39, 0.29) is 43.1 Å². The Morgan fingerprint density at radius 1 is 1.15 bits per heavy atom. The van der Waals surface area contributed by atoms with E-state index in [1.165, 1.54) is 0 Å². The highest BCUT2D eigenvalue weighted by atomic mass is 35.5. The number of carbonyl (C=O) groups is 1. The molecule has 5 nitrogen and oxygen atoms in total. The van der Waals surface area contributed by atoms with Gasteiger partial charge in [0.1, 0.15) is 0 Å². The lowest BCUT2D eigenvalue weighted by atomic mass is 10.1. The van der Waals surface area contributed by atoms with Crippen molar-refractivity contribution in [3.63, 3.8) is 0 Å². The molecule has 0 saturated carbocycles. The fourth-order valence-electron chi connectivity index (χ4n) is 3.03. The summed E-state index contributed by atoms with van der Waals surface area (Å²) in [4.78, 5) is 21.3. The highest BCUT2D eigenvalue weighted by Gasteiger charge is 2.25. The third kappa shape index (κ3) is 7.56. The number of thiazole rings is 1. The van der Waals surface area contributed by atoms with Crippen molar-refractivity contribution in [1.82, 2.24) is 14.8 Å². The van der Waals surface area contributed by atoms with E-state index >= 15 is 0 Å². The maximum atomic E-state index is 12.5. The minimum atomic E-state index is -0.458. The zero-order valence-electron chi connectivity index (χ0n) is 15.2. The van der Waals surface area contributed by atoms with Crippen LogP contribution in [0.5, 0.6) is 0 Å². The number of aryl methyl sites for hydroxylation is 1. The van der Waals surface area contributed by atoms with Crippen LogP contribution in [0, 0.1) is 6.92 Å². The summed E-state index contributed by atoms with van der Waals surface area (Å²) in [5, 5.41) is 3.22. The Bertz CT molecular complexity index is 678. The van der Waals surface area contributed by atoms with Crippen molar-refractivity contribution in [2.75, 3.05) is 26.2 Å². The molecule has 1 saturated heterocycles. The monoisotopic (exact) mass is 452 g/mol. The van der Waals surface area contributed by atoms with E-state index in [9.17, 15) is 4.79 Å². The first-order valence-electron chi connectivity index (χ1n) is 8.33.